The first kappa shape index (κ1) is 14.1. The Bertz CT molecular complexity index is 474. The summed E-state index contributed by atoms with van der Waals surface area (Å²) < 4.78 is 4.91. The topological polar surface area (TPSA) is 72.5 Å². The van der Waals surface area contributed by atoms with Crippen LogP contribution in [0.15, 0.2) is 23.8 Å². The van der Waals surface area contributed by atoms with Crippen molar-refractivity contribution in [3.05, 3.63) is 34.9 Å². The highest BCUT2D eigenvalue weighted by molar-refractivity contribution is 5.96. The zero-order valence-corrected chi connectivity index (χ0v) is 11.0. The molecule has 1 rings (SSSR count). The standard InChI is InChI=1S/C14H19NO3/c1-4-18-14(17)11-7-8-12(16)10(13(11)15)6-5-9(2)3/h5,7-8,16H,4,6,15H2,1-3H3. The minimum Gasteiger partial charge on any atom is -0.508 e. The summed E-state index contributed by atoms with van der Waals surface area (Å²) in [5, 5.41) is 9.78. The van der Waals surface area contributed by atoms with Crippen molar-refractivity contribution in [2.45, 2.75) is 27.2 Å². The van der Waals surface area contributed by atoms with Crippen LogP contribution in [0.25, 0.3) is 0 Å². The van der Waals surface area contributed by atoms with Crippen molar-refractivity contribution in [3.63, 3.8) is 0 Å². The number of nitrogen functional groups attached to an aromatic ring is 1. The Balaban J connectivity index is 3.14. The average molecular weight is 249 g/mol. The van der Waals surface area contributed by atoms with E-state index in [0.717, 1.165) is 5.57 Å². The van der Waals surface area contributed by atoms with Crippen molar-refractivity contribution in [2.75, 3.05) is 12.3 Å². The van der Waals surface area contributed by atoms with Gasteiger partial charge in [-0.05, 0) is 39.3 Å². The third kappa shape index (κ3) is 3.26. The number of nitrogens with two attached hydrogens (primary N) is 1. The van der Waals surface area contributed by atoms with Gasteiger partial charge >= 0.3 is 5.97 Å². The Morgan fingerprint density at radius 3 is 2.67 bits per heavy atom. The molecule has 0 radical (unpaired) electrons. The average Bonchev–Trinajstić information content (AvgIpc) is 2.28. The number of allylic oxidation sites excluding steroid dienone is 2. The third-order valence-electron chi connectivity index (χ3n) is 2.54. The molecule has 3 N–H and O–H groups in total. The summed E-state index contributed by atoms with van der Waals surface area (Å²) in [4.78, 5) is 11.7. The van der Waals surface area contributed by atoms with Gasteiger partial charge in [-0.1, -0.05) is 11.6 Å². The summed E-state index contributed by atoms with van der Waals surface area (Å²) in [6, 6.07) is 2.95. The lowest BCUT2D eigenvalue weighted by Crippen LogP contribution is -2.09. The van der Waals surface area contributed by atoms with Gasteiger partial charge in [-0.2, -0.15) is 0 Å². The highest BCUT2D eigenvalue weighted by Crippen LogP contribution is 2.28. The van der Waals surface area contributed by atoms with Crippen molar-refractivity contribution in [1.82, 2.24) is 0 Å². The summed E-state index contributed by atoms with van der Waals surface area (Å²) in [5.74, 6) is -0.369. The van der Waals surface area contributed by atoms with Gasteiger partial charge in [-0.25, -0.2) is 4.79 Å². The largest absolute Gasteiger partial charge is 0.508 e. The van der Waals surface area contributed by atoms with Crippen molar-refractivity contribution in [2.24, 2.45) is 0 Å². The zero-order valence-electron chi connectivity index (χ0n) is 11.0. The molecule has 0 aliphatic carbocycles. The van der Waals surface area contributed by atoms with E-state index >= 15 is 0 Å². The van der Waals surface area contributed by atoms with E-state index in [1.807, 2.05) is 19.9 Å². The van der Waals surface area contributed by atoms with Crippen LogP contribution in [-0.4, -0.2) is 17.7 Å². The molecule has 0 amide bonds. The van der Waals surface area contributed by atoms with Crippen molar-refractivity contribution in [3.8, 4) is 5.75 Å². The normalized spacial score (nSPS) is 9.94. The van der Waals surface area contributed by atoms with Gasteiger partial charge in [0, 0.05) is 5.56 Å². The number of hydrogen-bond donors (Lipinski definition) is 2. The molecule has 18 heavy (non-hydrogen) atoms. The molecule has 0 saturated carbocycles. The number of carbonyl (C=O) groups excluding carboxylic acids is 1. The summed E-state index contributed by atoms with van der Waals surface area (Å²) >= 11 is 0. The number of phenols is 1. The van der Waals surface area contributed by atoms with Gasteiger partial charge in [0.1, 0.15) is 5.75 Å². The Labute approximate surface area is 107 Å². The van der Waals surface area contributed by atoms with Crippen LogP contribution in [0.1, 0.15) is 36.7 Å². The Hall–Kier alpha value is -1.97. The van der Waals surface area contributed by atoms with Crippen LogP contribution < -0.4 is 5.73 Å². The lowest BCUT2D eigenvalue weighted by molar-refractivity contribution is 0.0527. The summed E-state index contributed by atoms with van der Waals surface area (Å²) in [6.07, 6.45) is 2.44. The van der Waals surface area contributed by atoms with E-state index in [9.17, 15) is 9.90 Å². The van der Waals surface area contributed by atoms with Gasteiger partial charge in [-0.3, -0.25) is 0 Å². The molecule has 1 aromatic carbocycles. The Kier molecular flexibility index (Phi) is 4.77. The third-order valence-corrected chi connectivity index (χ3v) is 2.54. The van der Waals surface area contributed by atoms with Crippen LogP contribution in [0.4, 0.5) is 5.69 Å². The molecular weight excluding hydrogens is 230 g/mol. The maximum absolute atomic E-state index is 11.7. The highest BCUT2D eigenvalue weighted by atomic mass is 16.5. The van der Waals surface area contributed by atoms with Crippen LogP contribution in [-0.2, 0) is 11.2 Å². The molecule has 4 heteroatoms. The minimum atomic E-state index is -0.464. The summed E-state index contributed by atoms with van der Waals surface area (Å²) in [7, 11) is 0. The number of aromatic hydroxyl groups is 1. The lowest BCUT2D eigenvalue weighted by Gasteiger charge is -2.11. The number of ether oxygens (including phenoxy) is 1. The second kappa shape index (κ2) is 6.10. The van der Waals surface area contributed by atoms with Crippen LogP contribution in [0.2, 0.25) is 0 Å². The van der Waals surface area contributed by atoms with E-state index in [1.165, 1.54) is 12.1 Å². The molecular formula is C14H19NO3. The zero-order chi connectivity index (χ0) is 13.7. The van der Waals surface area contributed by atoms with Crippen LogP contribution in [0, 0.1) is 0 Å². The number of carbonyl (C=O) groups is 1. The molecule has 1 aromatic rings. The fraction of sp³-hybridized carbons (Fsp3) is 0.357. The van der Waals surface area contributed by atoms with Gasteiger partial charge in [-0.15, -0.1) is 0 Å². The molecule has 0 aliphatic rings. The molecule has 0 bridgehead atoms. The molecule has 0 atom stereocenters. The summed E-state index contributed by atoms with van der Waals surface area (Å²) in [6.45, 7) is 5.95. The molecule has 0 saturated heterocycles. The van der Waals surface area contributed by atoms with E-state index in [2.05, 4.69) is 0 Å². The molecule has 0 unspecified atom stereocenters. The van der Waals surface area contributed by atoms with E-state index in [-0.39, 0.29) is 11.4 Å². The van der Waals surface area contributed by atoms with E-state index in [1.54, 1.807) is 6.92 Å². The highest BCUT2D eigenvalue weighted by Gasteiger charge is 2.15. The lowest BCUT2D eigenvalue weighted by atomic mass is 10.0. The number of hydrogen-bond acceptors (Lipinski definition) is 4. The molecule has 0 fully saturated rings. The number of esters is 1. The van der Waals surface area contributed by atoms with Crippen molar-refractivity contribution >= 4 is 11.7 Å². The molecule has 0 aliphatic heterocycles. The fourth-order valence-corrected chi connectivity index (χ4v) is 1.56. The second-order valence-corrected chi connectivity index (χ2v) is 4.23. The van der Waals surface area contributed by atoms with Gasteiger partial charge < -0.3 is 15.6 Å². The van der Waals surface area contributed by atoms with Gasteiger partial charge in [0.15, 0.2) is 0 Å². The van der Waals surface area contributed by atoms with Crippen LogP contribution in [0.3, 0.4) is 0 Å². The quantitative estimate of drug-likeness (QED) is 0.489. The minimum absolute atomic E-state index is 0.0954. The van der Waals surface area contributed by atoms with E-state index in [4.69, 9.17) is 10.5 Å². The Morgan fingerprint density at radius 1 is 1.44 bits per heavy atom. The predicted octanol–water partition coefficient (Wildman–Crippen LogP) is 2.66. The monoisotopic (exact) mass is 249 g/mol. The first-order valence-corrected chi connectivity index (χ1v) is 5.88. The smallest absolute Gasteiger partial charge is 0.340 e. The first-order chi connectivity index (χ1) is 8.47. The van der Waals surface area contributed by atoms with Crippen molar-refractivity contribution < 1.29 is 14.6 Å². The van der Waals surface area contributed by atoms with E-state index < -0.39 is 5.97 Å². The molecule has 98 valence electrons. The van der Waals surface area contributed by atoms with Gasteiger partial charge in [0.25, 0.3) is 0 Å². The molecule has 0 heterocycles. The SMILES string of the molecule is CCOC(=O)c1ccc(O)c(CC=C(C)C)c1N. The van der Waals surface area contributed by atoms with Gasteiger partial charge in [0.05, 0.1) is 17.9 Å². The fourth-order valence-electron chi connectivity index (χ4n) is 1.56. The second-order valence-electron chi connectivity index (χ2n) is 4.23. The predicted molar refractivity (Wildman–Crippen MR) is 71.6 cm³/mol. The van der Waals surface area contributed by atoms with Crippen LogP contribution in [0.5, 0.6) is 5.75 Å². The first-order valence-electron chi connectivity index (χ1n) is 5.88. The van der Waals surface area contributed by atoms with Gasteiger partial charge in [0.2, 0.25) is 0 Å². The summed E-state index contributed by atoms with van der Waals surface area (Å²) in [5.41, 5.74) is 8.17. The van der Waals surface area contributed by atoms with Crippen molar-refractivity contribution in [1.29, 1.82) is 0 Å². The number of anilines is 1. The molecule has 0 spiro atoms. The molecule has 4 nitrogen and oxygen atoms in total. The van der Waals surface area contributed by atoms with Crippen LogP contribution >= 0.6 is 0 Å². The maximum Gasteiger partial charge on any atom is 0.340 e. The number of benzene rings is 1. The Morgan fingerprint density at radius 2 is 2.11 bits per heavy atom. The van der Waals surface area contributed by atoms with E-state index in [0.29, 0.717) is 24.2 Å². The number of rotatable bonds is 4. The maximum atomic E-state index is 11.7. The molecule has 0 aromatic heterocycles. The number of phenolic OH excluding ortho intramolecular Hbond substituents is 1.